The number of allylic oxidation sites excluding steroid dienone is 1. The third-order valence-corrected chi connectivity index (χ3v) is 4.20. The number of esters is 1. The Morgan fingerprint density at radius 2 is 1.62 bits per heavy atom. The maximum atomic E-state index is 12.8. The molecule has 2 atom stereocenters. The number of rotatable bonds is 8. The number of hydrogen-bond donors (Lipinski definition) is 1. The average molecular weight is 395 g/mol. The Morgan fingerprint density at radius 3 is 2.17 bits per heavy atom. The first-order valence-corrected chi connectivity index (χ1v) is 9.66. The van der Waals surface area contributed by atoms with Crippen molar-refractivity contribution < 1.29 is 19.1 Å². The van der Waals surface area contributed by atoms with Gasteiger partial charge >= 0.3 is 12.1 Å². The standard InChI is InChI=1S/C24H29NO4/c1-5-19(20-14-10-7-11-15-20)16-21(25-23(27)29-24(2,3)4)22(26)28-17-18-12-8-6-9-13-18/h5-15,19,21H,1,16-17H2,2-4H3,(H,25,27)/t19-,21+/m1/s1. The molecule has 154 valence electrons. The topological polar surface area (TPSA) is 64.6 Å². The molecule has 0 aromatic heterocycles. The predicted molar refractivity (Wildman–Crippen MR) is 113 cm³/mol. The van der Waals surface area contributed by atoms with Crippen molar-refractivity contribution in [1.82, 2.24) is 5.32 Å². The lowest BCUT2D eigenvalue weighted by Crippen LogP contribution is -2.44. The lowest BCUT2D eigenvalue weighted by Gasteiger charge is -2.25. The number of alkyl carbamates (subject to hydrolysis) is 1. The van der Waals surface area contributed by atoms with Gasteiger partial charge in [-0.05, 0) is 38.3 Å². The van der Waals surface area contributed by atoms with Gasteiger partial charge in [0, 0.05) is 5.92 Å². The quantitative estimate of drug-likeness (QED) is 0.506. The highest BCUT2D eigenvalue weighted by Gasteiger charge is 2.28. The van der Waals surface area contributed by atoms with Gasteiger partial charge in [-0.3, -0.25) is 0 Å². The summed E-state index contributed by atoms with van der Waals surface area (Å²) in [5.74, 6) is -0.636. The highest BCUT2D eigenvalue weighted by atomic mass is 16.6. The Morgan fingerprint density at radius 1 is 1.03 bits per heavy atom. The summed E-state index contributed by atoms with van der Waals surface area (Å²) < 4.78 is 10.8. The maximum Gasteiger partial charge on any atom is 0.408 e. The first kappa shape index (κ1) is 22.2. The van der Waals surface area contributed by atoms with Gasteiger partial charge in [-0.2, -0.15) is 0 Å². The Kier molecular flexibility index (Phi) is 8.01. The Bertz CT molecular complexity index is 797. The van der Waals surface area contributed by atoms with Crippen LogP contribution in [-0.4, -0.2) is 23.7 Å². The van der Waals surface area contributed by atoms with Crippen molar-refractivity contribution in [2.75, 3.05) is 0 Å². The van der Waals surface area contributed by atoms with E-state index in [1.807, 2.05) is 60.7 Å². The number of amides is 1. The zero-order valence-electron chi connectivity index (χ0n) is 17.3. The number of benzene rings is 2. The van der Waals surface area contributed by atoms with Crippen LogP contribution in [0.1, 0.15) is 44.2 Å². The molecule has 5 nitrogen and oxygen atoms in total. The van der Waals surface area contributed by atoms with Crippen LogP contribution in [0.5, 0.6) is 0 Å². The molecule has 0 spiro atoms. The fraction of sp³-hybridized carbons (Fsp3) is 0.333. The van der Waals surface area contributed by atoms with Crippen molar-refractivity contribution >= 4 is 12.1 Å². The minimum Gasteiger partial charge on any atom is -0.459 e. The number of nitrogens with one attached hydrogen (secondary N) is 1. The molecule has 0 radical (unpaired) electrons. The van der Waals surface area contributed by atoms with E-state index in [0.717, 1.165) is 11.1 Å². The monoisotopic (exact) mass is 395 g/mol. The Labute approximate surface area is 172 Å². The molecular weight excluding hydrogens is 366 g/mol. The molecule has 29 heavy (non-hydrogen) atoms. The molecule has 0 saturated heterocycles. The van der Waals surface area contributed by atoms with Gasteiger partial charge in [0.25, 0.3) is 0 Å². The molecule has 0 aliphatic carbocycles. The molecule has 0 aliphatic heterocycles. The Balaban J connectivity index is 2.11. The predicted octanol–water partition coefficient (Wildman–Crippen LogP) is 4.98. The van der Waals surface area contributed by atoms with Gasteiger partial charge in [-0.25, -0.2) is 9.59 Å². The maximum absolute atomic E-state index is 12.8. The second kappa shape index (κ2) is 10.5. The van der Waals surface area contributed by atoms with Crippen LogP contribution >= 0.6 is 0 Å². The number of hydrogen-bond acceptors (Lipinski definition) is 4. The minimum atomic E-state index is -0.864. The van der Waals surface area contributed by atoms with Crippen molar-refractivity contribution in [3.8, 4) is 0 Å². The van der Waals surface area contributed by atoms with E-state index >= 15 is 0 Å². The van der Waals surface area contributed by atoms with Crippen LogP contribution in [0.4, 0.5) is 4.79 Å². The lowest BCUT2D eigenvalue weighted by molar-refractivity contribution is -0.147. The van der Waals surface area contributed by atoms with Gasteiger partial charge in [-0.15, -0.1) is 6.58 Å². The summed E-state index contributed by atoms with van der Waals surface area (Å²) >= 11 is 0. The molecule has 2 aromatic rings. The molecular formula is C24H29NO4. The Hall–Kier alpha value is -3.08. The van der Waals surface area contributed by atoms with Gasteiger partial charge in [0.1, 0.15) is 18.2 Å². The van der Waals surface area contributed by atoms with Crippen LogP contribution in [0.25, 0.3) is 0 Å². The van der Waals surface area contributed by atoms with Crippen molar-refractivity contribution in [2.45, 2.75) is 51.4 Å². The zero-order chi connectivity index (χ0) is 21.3. The van der Waals surface area contributed by atoms with Gasteiger partial charge in [0.05, 0.1) is 0 Å². The van der Waals surface area contributed by atoms with Gasteiger partial charge < -0.3 is 14.8 Å². The van der Waals surface area contributed by atoms with Crippen LogP contribution in [-0.2, 0) is 20.9 Å². The number of carbonyl (C=O) groups is 2. The third kappa shape index (κ3) is 7.82. The van der Waals surface area contributed by atoms with E-state index in [1.54, 1.807) is 26.8 Å². The first-order chi connectivity index (χ1) is 13.8. The van der Waals surface area contributed by atoms with Crippen molar-refractivity contribution in [3.05, 3.63) is 84.4 Å². The normalized spacial score (nSPS) is 13.1. The van der Waals surface area contributed by atoms with E-state index in [9.17, 15) is 9.59 Å². The van der Waals surface area contributed by atoms with Crippen molar-refractivity contribution in [2.24, 2.45) is 0 Å². The summed E-state index contributed by atoms with van der Waals surface area (Å²) in [6, 6.07) is 18.2. The molecule has 2 aromatic carbocycles. The SMILES string of the molecule is C=C[C@H](C[C@H](NC(=O)OC(C)(C)C)C(=O)OCc1ccccc1)c1ccccc1. The van der Waals surface area contributed by atoms with Crippen LogP contribution in [0.2, 0.25) is 0 Å². The second-order valence-corrected chi connectivity index (χ2v) is 7.78. The van der Waals surface area contributed by atoms with Crippen LogP contribution in [0, 0.1) is 0 Å². The van der Waals surface area contributed by atoms with E-state index in [2.05, 4.69) is 11.9 Å². The summed E-state index contributed by atoms with van der Waals surface area (Å²) in [7, 11) is 0. The summed E-state index contributed by atoms with van der Waals surface area (Å²) in [5.41, 5.74) is 1.22. The van der Waals surface area contributed by atoms with E-state index in [-0.39, 0.29) is 12.5 Å². The van der Waals surface area contributed by atoms with Crippen LogP contribution in [0.15, 0.2) is 73.3 Å². The lowest BCUT2D eigenvalue weighted by atomic mass is 9.92. The second-order valence-electron chi connectivity index (χ2n) is 7.78. The van der Waals surface area contributed by atoms with E-state index in [1.165, 1.54) is 0 Å². The molecule has 0 heterocycles. The van der Waals surface area contributed by atoms with Crippen molar-refractivity contribution in [1.29, 1.82) is 0 Å². The molecule has 0 bridgehead atoms. The van der Waals surface area contributed by atoms with Gasteiger partial charge in [-0.1, -0.05) is 66.7 Å². The molecule has 0 unspecified atom stereocenters. The van der Waals surface area contributed by atoms with E-state index < -0.39 is 23.7 Å². The summed E-state index contributed by atoms with van der Waals surface area (Å²) in [6.45, 7) is 9.33. The molecule has 0 saturated carbocycles. The zero-order valence-corrected chi connectivity index (χ0v) is 17.3. The molecule has 0 aliphatic rings. The average Bonchev–Trinajstić information content (AvgIpc) is 2.69. The van der Waals surface area contributed by atoms with Crippen LogP contribution in [0.3, 0.4) is 0 Å². The highest BCUT2D eigenvalue weighted by molar-refractivity contribution is 5.81. The molecule has 1 N–H and O–H groups in total. The largest absolute Gasteiger partial charge is 0.459 e. The molecule has 2 rings (SSSR count). The van der Waals surface area contributed by atoms with E-state index in [0.29, 0.717) is 6.42 Å². The number of ether oxygens (including phenoxy) is 2. The molecule has 5 heteroatoms. The summed E-state index contributed by atoms with van der Waals surface area (Å²) in [5, 5.41) is 2.66. The smallest absolute Gasteiger partial charge is 0.408 e. The fourth-order valence-corrected chi connectivity index (χ4v) is 2.82. The minimum absolute atomic E-state index is 0.125. The molecule has 1 amide bonds. The summed E-state index contributed by atoms with van der Waals surface area (Å²) in [6.07, 6.45) is 1.43. The highest BCUT2D eigenvalue weighted by Crippen LogP contribution is 2.23. The van der Waals surface area contributed by atoms with Crippen LogP contribution < -0.4 is 5.32 Å². The fourth-order valence-electron chi connectivity index (χ4n) is 2.82. The number of carbonyl (C=O) groups excluding carboxylic acids is 2. The summed E-state index contributed by atoms with van der Waals surface area (Å²) in [4.78, 5) is 25.1. The van der Waals surface area contributed by atoms with Gasteiger partial charge in [0.15, 0.2) is 0 Å². The third-order valence-electron chi connectivity index (χ3n) is 4.20. The van der Waals surface area contributed by atoms with Crippen molar-refractivity contribution in [3.63, 3.8) is 0 Å². The van der Waals surface area contributed by atoms with Gasteiger partial charge in [0.2, 0.25) is 0 Å². The first-order valence-electron chi connectivity index (χ1n) is 9.66. The van der Waals surface area contributed by atoms with E-state index in [4.69, 9.17) is 9.47 Å². The molecule has 0 fully saturated rings.